The zero-order chi connectivity index (χ0) is 16.4. The smallest absolute Gasteiger partial charge is 0.347 e. The van der Waals surface area contributed by atoms with Crippen LogP contribution in [0.4, 0.5) is 0 Å². The molecule has 1 aromatic heterocycles. The topological polar surface area (TPSA) is 47.3 Å². The van der Waals surface area contributed by atoms with E-state index in [1.54, 1.807) is 48.5 Å². The van der Waals surface area contributed by atoms with Crippen LogP contribution in [0.25, 0.3) is 17.0 Å². The van der Waals surface area contributed by atoms with Crippen LogP contribution in [0.5, 0.6) is 0 Å². The van der Waals surface area contributed by atoms with E-state index in [1.165, 1.54) is 12.1 Å². The predicted molar refractivity (Wildman–Crippen MR) is 92.3 cm³/mol. The Morgan fingerprint density at radius 1 is 0.957 bits per heavy atom. The lowest BCUT2D eigenvalue weighted by Crippen LogP contribution is -2.11. The Hall–Kier alpha value is -2.36. The summed E-state index contributed by atoms with van der Waals surface area (Å²) < 4.78 is 5.15. The molecular formula is C18H10Cl2O3. The third kappa shape index (κ3) is 3.52. The first kappa shape index (κ1) is 15.5. The third-order valence-corrected chi connectivity index (χ3v) is 3.74. The number of hydrogen-bond donors (Lipinski definition) is 0. The molecule has 3 nitrogen and oxygen atoms in total. The van der Waals surface area contributed by atoms with Gasteiger partial charge in [-0.3, -0.25) is 4.79 Å². The summed E-state index contributed by atoms with van der Waals surface area (Å²) in [5.74, 6) is -0.435. The average Bonchev–Trinajstić information content (AvgIpc) is 2.54. The van der Waals surface area contributed by atoms with Crippen molar-refractivity contribution in [3.8, 4) is 0 Å². The number of hydrogen-bond acceptors (Lipinski definition) is 3. The first-order chi connectivity index (χ1) is 11.0. The number of allylic oxidation sites excluding steroid dienone is 1. The van der Waals surface area contributed by atoms with Crippen LogP contribution in [-0.2, 0) is 0 Å². The SMILES string of the molecule is O=C(/C=C/c1ccc(Cl)cc1)c1cc2cc(Cl)ccc2oc1=O. The molecule has 0 bridgehead atoms. The normalized spacial score (nSPS) is 11.2. The summed E-state index contributed by atoms with van der Waals surface area (Å²) in [6.45, 7) is 0. The summed E-state index contributed by atoms with van der Waals surface area (Å²) in [6.07, 6.45) is 2.94. The van der Waals surface area contributed by atoms with Gasteiger partial charge in [-0.1, -0.05) is 41.4 Å². The van der Waals surface area contributed by atoms with Gasteiger partial charge in [0.25, 0.3) is 0 Å². The minimum atomic E-state index is -0.675. The Balaban J connectivity index is 1.95. The quantitative estimate of drug-likeness (QED) is 0.381. The van der Waals surface area contributed by atoms with E-state index in [0.717, 1.165) is 5.56 Å². The van der Waals surface area contributed by atoms with Crippen LogP contribution in [0.3, 0.4) is 0 Å². The molecule has 23 heavy (non-hydrogen) atoms. The number of ketones is 1. The van der Waals surface area contributed by atoms with E-state index in [0.29, 0.717) is 21.0 Å². The lowest BCUT2D eigenvalue weighted by atomic mass is 10.1. The van der Waals surface area contributed by atoms with E-state index in [2.05, 4.69) is 0 Å². The maximum atomic E-state index is 12.2. The van der Waals surface area contributed by atoms with Crippen molar-refractivity contribution in [1.82, 2.24) is 0 Å². The van der Waals surface area contributed by atoms with Gasteiger partial charge in [0.1, 0.15) is 11.1 Å². The molecule has 114 valence electrons. The van der Waals surface area contributed by atoms with Crippen LogP contribution in [-0.4, -0.2) is 5.78 Å². The van der Waals surface area contributed by atoms with Crippen LogP contribution in [0.1, 0.15) is 15.9 Å². The Morgan fingerprint density at radius 2 is 1.65 bits per heavy atom. The van der Waals surface area contributed by atoms with E-state index in [9.17, 15) is 9.59 Å². The van der Waals surface area contributed by atoms with Gasteiger partial charge < -0.3 is 4.42 Å². The Labute approximate surface area is 141 Å². The number of benzene rings is 2. The van der Waals surface area contributed by atoms with Gasteiger partial charge >= 0.3 is 5.63 Å². The lowest BCUT2D eigenvalue weighted by Gasteiger charge is -2.00. The molecule has 0 N–H and O–H groups in total. The fourth-order valence-electron chi connectivity index (χ4n) is 2.10. The van der Waals surface area contributed by atoms with Crippen molar-refractivity contribution in [3.63, 3.8) is 0 Å². The molecule has 3 rings (SSSR count). The molecule has 5 heteroatoms. The van der Waals surface area contributed by atoms with Gasteiger partial charge in [-0.05, 0) is 48.0 Å². The zero-order valence-corrected chi connectivity index (χ0v) is 13.3. The second-order valence-corrected chi connectivity index (χ2v) is 5.75. The molecule has 0 aliphatic carbocycles. The molecule has 3 aromatic rings. The highest BCUT2D eigenvalue weighted by Gasteiger charge is 2.11. The number of carbonyl (C=O) groups is 1. The van der Waals surface area contributed by atoms with Gasteiger partial charge in [0.2, 0.25) is 0 Å². The summed E-state index contributed by atoms with van der Waals surface area (Å²) in [5.41, 5.74) is 0.476. The van der Waals surface area contributed by atoms with Gasteiger partial charge in [-0.25, -0.2) is 4.79 Å². The van der Waals surface area contributed by atoms with Gasteiger partial charge in [0.15, 0.2) is 5.78 Å². The Kier molecular flexibility index (Phi) is 4.33. The van der Waals surface area contributed by atoms with Crippen molar-refractivity contribution in [2.24, 2.45) is 0 Å². The van der Waals surface area contributed by atoms with E-state index >= 15 is 0 Å². The molecule has 0 unspecified atom stereocenters. The van der Waals surface area contributed by atoms with Crippen molar-refractivity contribution in [1.29, 1.82) is 0 Å². The zero-order valence-electron chi connectivity index (χ0n) is 11.8. The van der Waals surface area contributed by atoms with E-state index in [-0.39, 0.29) is 5.56 Å². The summed E-state index contributed by atoms with van der Waals surface area (Å²) in [4.78, 5) is 24.2. The van der Waals surface area contributed by atoms with Crippen LogP contribution >= 0.6 is 23.2 Å². The average molecular weight is 345 g/mol. The molecule has 0 saturated carbocycles. The molecule has 2 aromatic carbocycles. The van der Waals surface area contributed by atoms with Crippen LogP contribution in [0, 0.1) is 0 Å². The van der Waals surface area contributed by atoms with Crippen LogP contribution in [0.15, 0.2) is 63.8 Å². The molecule has 0 fully saturated rings. The van der Waals surface area contributed by atoms with E-state index in [1.807, 2.05) is 0 Å². The van der Waals surface area contributed by atoms with Crippen molar-refractivity contribution in [2.45, 2.75) is 0 Å². The lowest BCUT2D eigenvalue weighted by molar-refractivity contribution is 0.104. The van der Waals surface area contributed by atoms with Crippen molar-refractivity contribution in [2.75, 3.05) is 0 Å². The molecule has 0 atom stereocenters. The summed E-state index contributed by atoms with van der Waals surface area (Å²) in [7, 11) is 0. The molecule has 0 aliphatic rings. The summed E-state index contributed by atoms with van der Waals surface area (Å²) >= 11 is 11.7. The maximum Gasteiger partial charge on any atom is 0.347 e. The molecule has 1 heterocycles. The molecule has 0 saturated heterocycles. The fourth-order valence-corrected chi connectivity index (χ4v) is 2.41. The highest BCUT2D eigenvalue weighted by Crippen LogP contribution is 2.19. The van der Waals surface area contributed by atoms with Gasteiger partial charge in [-0.2, -0.15) is 0 Å². The largest absolute Gasteiger partial charge is 0.422 e. The van der Waals surface area contributed by atoms with Gasteiger partial charge in [0.05, 0.1) is 0 Å². The fraction of sp³-hybridized carbons (Fsp3) is 0. The summed E-state index contributed by atoms with van der Waals surface area (Å²) in [6, 6.07) is 13.3. The van der Waals surface area contributed by atoms with Gasteiger partial charge in [-0.15, -0.1) is 0 Å². The molecular weight excluding hydrogens is 335 g/mol. The second-order valence-electron chi connectivity index (χ2n) is 4.88. The first-order valence-electron chi connectivity index (χ1n) is 6.74. The summed E-state index contributed by atoms with van der Waals surface area (Å²) in [5, 5.41) is 1.71. The predicted octanol–water partition coefficient (Wildman–Crippen LogP) is 5.00. The number of rotatable bonds is 3. The molecule has 0 amide bonds. The molecule has 0 aliphatic heterocycles. The monoisotopic (exact) mass is 344 g/mol. The second kappa shape index (κ2) is 6.41. The van der Waals surface area contributed by atoms with Crippen LogP contribution < -0.4 is 5.63 Å². The Morgan fingerprint density at radius 3 is 2.39 bits per heavy atom. The molecule has 0 spiro atoms. The maximum absolute atomic E-state index is 12.2. The van der Waals surface area contributed by atoms with Crippen molar-refractivity contribution < 1.29 is 9.21 Å². The first-order valence-corrected chi connectivity index (χ1v) is 7.50. The number of fused-ring (bicyclic) bond motifs is 1. The Bertz CT molecular complexity index is 970. The standard InChI is InChI=1S/C18H10Cl2O3/c19-13-4-1-11(2-5-13)3-7-16(21)15-10-12-9-14(20)6-8-17(12)23-18(15)22/h1-10H/b7-3+. The van der Waals surface area contributed by atoms with E-state index < -0.39 is 11.4 Å². The number of halogens is 2. The third-order valence-electron chi connectivity index (χ3n) is 3.26. The van der Waals surface area contributed by atoms with Gasteiger partial charge in [0, 0.05) is 15.4 Å². The highest BCUT2D eigenvalue weighted by molar-refractivity contribution is 6.31. The number of carbonyl (C=O) groups excluding carboxylic acids is 1. The minimum Gasteiger partial charge on any atom is -0.422 e. The minimum absolute atomic E-state index is 0.0371. The van der Waals surface area contributed by atoms with Crippen LogP contribution in [0.2, 0.25) is 10.0 Å². The highest BCUT2D eigenvalue weighted by atomic mass is 35.5. The van der Waals surface area contributed by atoms with Crippen molar-refractivity contribution in [3.05, 3.63) is 86.2 Å². The van der Waals surface area contributed by atoms with E-state index in [4.69, 9.17) is 27.6 Å². The van der Waals surface area contributed by atoms with Crippen molar-refractivity contribution >= 4 is 46.0 Å². The molecule has 0 radical (unpaired) electrons.